The molecule has 6 heteroatoms. The normalized spacial score (nSPS) is 12.3. The van der Waals surface area contributed by atoms with E-state index in [0.717, 1.165) is 43.4 Å². The maximum absolute atomic E-state index is 6.05. The molecule has 2 aromatic heterocycles. The minimum atomic E-state index is 0.177. The van der Waals surface area contributed by atoms with Gasteiger partial charge >= 0.3 is 0 Å². The van der Waals surface area contributed by atoms with E-state index in [0.29, 0.717) is 11.5 Å². The van der Waals surface area contributed by atoms with Crippen LogP contribution in [-0.2, 0) is 6.42 Å². The predicted octanol–water partition coefficient (Wildman–Crippen LogP) is 3.68. The Morgan fingerprint density at radius 3 is 2.52 bits per heavy atom. The average Bonchev–Trinajstić information content (AvgIpc) is 3.23. The van der Waals surface area contributed by atoms with Crippen molar-refractivity contribution in [2.24, 2.45) is 0 Å². The summed E-state index contributed by atoms with van der Waals surface area (Å²) in [6, 6.07) is 23.0. The number of hydrogen-bond donors (Lipinski definition) is 3. The summed E-state index contributed by atoms with van der Waals surface area (Å²) in [4.78, 5) is 4.30. The number of fused-ring (bicyclic) bond motifs is 1. The second-order valence-corrected chi connectivity index (χ2v) is 7.24. The van der Waals surface area contributed by atoms with Gasteiger partial charge in [0.05, 0.1) is 0 Å². The molecule has 2 heterocycles. The van der Waals surface area contributed by atoms with Crippen LogP contribution in [0, 0.1) is 0 Å². The van der Waals surface area contributed by atoms with E-state index in [4.69, 9.17) is 5.73 Å². The fraction of sp³-hybridized carbons (Fsp3) is 0.261. The lowest BCUT2D eigenvalue weighted by Crippen LogP contribution is -2.20. The third kappa shape index (κ3) is 4.78. The summed E-state index contributed by atoms with van der Waals surface area (Å²) >= 11 is 0. The highest BCUT2D eigenvalue weighted by molar-refractivity contribution is 5.77. The minimum absolute atomic E-state index is 0.177. The molecule has 0 aliphatic rings. The van der Waals surface area contributed by atoms with Gasteiger partial charge in [0.1, 0.15) is 11.3 Å². The number of rotatable bonds is 9. The molecular formula is C23H26N6. The monoisotopic (exact) mass is 386 g/mol. The highest BCUT2D eigenvalue weighted by atomic mass is 15.3. The predicted molar refractivity (Wildman–Crippen MR) is 117 cm³/mol. The smallest absolute Gasteiger partial charge is 0.178 e. The number of pyridine rings is 1. The Kier molecular flexibility index (Phi) is 6.12. The molecule has 1 unspecified atom stereocenters. The number of hydrogen-bond acceptors (Lipinski definition) is 5. The van der Waals surface area contributed by atoms with Crippen molar-refractivity contribution in [1.82, 2.24) is 25.7 Å². The second-order valence-electron chi connectivity index (χ2n) is 7.24. The summed E-state index contributed by atoms with van der Waals surface area (Å²) in [5, 5.41) is 14.6. The number of aromatic nitrogens is 4. The molecule has 4 rings (SSSR count). The molecule has 0 aliphatic carbocycles. The first-order chi connectivity index (χ1) is 14.3. The highest BCUT2D eigenvalue weighted by Gasteiger charge is 2.19. The molecule has 0 saturated carbocycles. The van der Waals surface area contributed by atoms with Crippen molar-refractivity contribution in [1.29, 1.82) is 0 Å². The van der Waals surface area contributed by atoms with Gasteiger partial charge in [0.2, 0.25) is 0 Å². The quantitative estimate of drug-likeness (QED) is 0.382. The van der Waals surface area contributed by atoms with Gasteiger partial charge in [-0.1, -0.05) is 65.9 Å². The number of nitrogens with two attached hydrogens (primary N) is 1. The molecule has 0 aliphatic heterocycles. The summed E-state index contributed by atoms with van der Waals surface area (Å²) in [5.41, 5.74) is 11.2. The third-order valence-electron chi connectivity index (χ3n) is 5.20. The van der Waals surface area contributed by atoms with E-state index in [9.17, 15) is 0 Å². The van der Waals surface area contributed by atoms with E-state index in [1.807, 2.05) is 12.1 Å². The van der Waals surface area contributed by atoms with Crippen molar-refractivity contribution in [2.75, 3.05) is 18.8 Å². The van der Waals surface area contributed by atoms with Gasteiger partial charge < -0.3 is 11.1 Å². The molecule has 0 fully saturated rings. The number of aryl methyl sites for hydroxylation is 1. The Bertz CT molecular complexity index is 1030. The maximum Gasteiger partial charge on any atom is 0.178 e. The van der Waals surface area contributed by atoms with Crippen LogP contribution in [-0.4, -0.2) is 33.5 Å². The molecule has 29 heavy (non-hydrogen) atoms. The standard InChI is InChI=1S/C23H26N6/c24-21-16-20(22-23(26-21)28-29-27-22)19(18-11-5-2-6-12-18)13-15-25-14-7-10-17-8-3-1-4-9-17/h1-6,8-9,11-12,16,19,25H,7,10,13-15H2,(H3,24,26,27,28,29). The van der Waals surface area contributed by atoms with Crippen molar-refractivity contribution in [3.63, 3.8) is 0 Å². The van der Waals surface area contributed by atoms with Crippen LogP contribution in [0.15, 0.2) is 66.7 Å². The van der Waals surface area contributed by atoms with Gasteiger partial charge in [-0.25, -0.2) is 10.1 Å². The topological polar surface area (TPSA) is 92.5 Å². The molecule has 6 nitrogen and oxygen atoms in total. The van der Waals surface area contributed by atoms with Gasteiger partial charge in [0.15, 0.2) is 5.65 Å². The van der Waals surface area contributed by atoms with E-state index >= 15 is 0 Å². The number of nitrogens with zero attached hydrogens (tertiary/aromatic N) is 3. The van der Waals surface area contributed by atoms with Crippen molar-refractivity contribution in [2.45, 2.75) is 25.2 Å². The SMILES string of the molecule is Nc1cc(C(CCNCCCc2ccccc2)c2ccccc2)c2nn[nH]c2n1. The van der Waals surface area contributed by atoms with Crippen molar-refractivity contribution in [3.05, 3.63) is 83.4 Å². The summed E-state index contributed by atoms with van der Waals surface area (Å²) in [5.74, 6) is 0.658. The molecule has 0 bridgehead atoms. The van der Waals surface area contributed by atoms with Gasteiger partial charge in [-0.3, -0.25) is 0 Å². The largest absolute Gasteiger partial charge is 0.384 e. The van der Waals surface area contributed by atoms with Gasteiger partial charge in [0.25, 0.3) is 0 Å². The van der Waals surface area contributed by atoms with E-state index < -0.39 is 0 Å². The van der Waals surface area contributed by atoms with Crippen LogP contribution < -0.4 is 11.1 Å². The molecule has 1 atom stereocenters. The molecular weight excluding hydrogens is 360 g/mol. The summed E-state index contributed by atoms with van der Waals surface area (Å²) in [6.45, 7) is 1.91. The molecule has 0 amide bonds. The number of benzene rings is 2. The first kappa shape index (κ1) is 19.1. The van der Waals surface area contributed by atoms with Crippen LogP contribution in [0.4, 0.5) is 5.82 Å². The Hall–Kier alpha value is -3.25. The fourth-order valence-electron chi connectivity index (χ4n) is 3.77. The zero-order chi connectivity index (χ0) is 19.9. The highest BCUT2D eigenvalue weighted by Crippen LogP contribution is 2.32. The van der Waals surface area contributed by atoms with Crippen LogP contribution in [0.1, 0.15) is 35.4 Å². The molecule has 0 saturated heterocycles. The fourth-order valence-corrected chi connectivity index (χ4v) is 3.77. The Morgan fingerprint density at radius 1 is 0.966 bits per heavy atom. The Labute approximate surface area is 170 Å². The van der Waals surface area contributed by atoms with Crippen LogP contribution in [0.5, 0.6) is 0 Å². The number of H-pyrrole nitrogens is 1. The Balaban J connectivity index is 1.42. The van der Waals surface area contributed by atoms with Crippen molar-refractivity contribution in [3.8, 4) is 0 Å². The third-order valence-corrected chi connectivity index (χ3v) is 5.20. The minimum Gasteiger partial charge on any atom is -0.384 e. The van der Waals surface area contributed by atoms with E-state index in [1.54, 1.807) is 0 Å². The summed E-state index contributed by atoms with van der Waals surface area (Å²) < 4.78 is 0. The van der Waals surface area contributed by atoms with Crippen LogP contribution >= 0.6 is 0 Å². The molecule has 4 N–H and O–H groups in total. The van der Waals surface area contributed by atoms with Crippen LogP contribution in [0.3, 0.4) is 0 Å². The van der Waals surface area contributed by atoms with Crippen molar-refractivity contribution >= 4 is 17.0 Å². The van der Waals surface area contributed by atoms with Gasteiger partial charge in [-0.2, -0.15) is 0 Å². The lowest BCUT2D eigenvalue weighted by molar-refractivity contribution is 0.596. The first-order valence-corrected chi connectivity index (χ1v) is 10.1. The van der Waals surface area contributed by atoms with Crippen LogP contribution in [0.2, 0.25) is 0 Å². The van der Waals surface area contributed by atoms with Crippen molar-refractivity contribution < 1.29 is 0 Å². The zero-order valence-electron chi connectivity index (χ0n) is 16.4. The lowest BCUT2D eigenvalue weighted by Gasteiger charge is -2.19. The van der Waals surface area contributed by atoms with Crippen LogP contribution in [0.25, 0.3) is 11.2 Å². The molecule has 0 radical (unpaired) electrons. The number of anilines is 1. The summed E-state index contributed by atoms with van der Waals surface area (Å²) in [6.07, 6.45) is 3.16. The first-order valence-electron chi connectivity index (χ1n) is 10.1. The maximum atomic E-state index is 6.05. The average molecular weight is 387 g/mol. The molecule has 0 spiro atoms. The van der Waals surface area contributed by atoms with E-state index in [1.165, 1.54) is 11.1 Å². The second kappa shape index (κ2) is 9.30. The lowest BCUT2D eigenvalue weighted by atomic mass is 9.88. The van der Waals surface area contributed by atoms with E-state index in [2.05, 4.69) is 80.3 Å². The van der Waals surface area contributed by atoms with Gasteiger partial charge in [-0.05, 0) is 55.1 Å². The van der Waals surface area contributed by atoms with Gasteiger partial charge in [0, 0.05) is 5.92 Å². The van der Waals surface area contributed by atoms with E-state index in [-0.39, 0.29) is 5.92 Å². The molecule has 148 valence electrons. The Morgan fingerprint density at radius 2 is 1.72 bits per heavy atom. The molecule has 4 aromatic rings. The van der Waals surface area contributed by atoms with Gasteiger partial charge in [-0.15, -0.1) is 5.10 Å². The summed E-state index contributed by atoms with van der Waals surface area (Å²) in [7, 11) is 0. The number of nitrogens with one attached hydrogen (secondary N) is 2. The zero-order valence-corrected chi connectivity index (χ0v) is 16.4. The number of aromatic amines is 1. The molecule has 2 aromatic carbocycles. The number of nitrogen functional groups attached to an aromatic ring is 1.